The van der Waals surface area contributed by atoms with E-state index in [2.05, 4.69) is 39.1 Å². The van der Waals surface area contributed by atoms with Crippen molar-refractivity contribution in [2.24, 2.45) is 0 Å². The summed E-state index contributed by atoms with van der Waals surface area (Å²) in [6.45, 7) is 2.06. The molecule has 3 N–H and O–H groups in total. The molecular formula is C15H14BrN3OS. The number of nitrogen functional groups attached to an aromatic ring is 1. The van der Waals surface area contributed by atoms with Crippen LogP contribution in [-0.4, -0.2) is 17.3 Å². The first-order valence-electron chi connectivity index (χ1n) is 6.35. The number of anilines is 1. The SMILES string of the molecule is COc1ccccc1-c1c(N)n[nH]c1-c1cc(C)c(Br)s1. The van der Waals surface area contributed by atoms with Crippen LogP contribution in [-0.2, 0) is 0 Å². The number of nitrogens with one attached hydrogen (secondary N) is 1. The summed E-state index contributed by atoms with van der Waals surface area (Å²) in [4.78, 5) is 1.09. The van der Waals surface area contributed by atoms with E-state index in [4.69, 9.17) is 10.5 Å². The standard InChI is InChI=1S/C15H14BrN3OS/c1-8-7-11(21-14(8)16)13-12(15(17)19-18-13)9-5-3-4-6-10(9)20-2/h3-7H,1-2H3,(H3,17,18,19). The van der Waals surface area contributed by atoms with Crippen LogP contribution < -0.4 is 10.5 Å². The third kappa shape index (κ3) is 2.45. The molecule has 0 aliphatic carbocycles. The molecule has 0 aliphatic rings. The van der Waals surface area contributed by atoms with E-state index in [1.807, 2.05) is 24.3 Å². The van der Waals surface area contributed by atoms with E-state index >= 15 is 0 Å². The van der Waals surface area contributed by atoms with Crippen LogP contribution >= 0.6 is 27.3 Å². The Kier molecular flexibility index (Phi) is 3.73. The average molecular weight is 364 g/mol. The molecule has 0 amide bonds. The number of hydrogen-bond donors (Lipinski definition) is 2. The molecule has 0 fully saturated rings. The van der Waals surface area contributed by atoms with Gasteiger partial charge < -0.3 is 10.5 Å². The fourth-order valence-electron chi connectivity index (χ4n) is 2.24. The van der Waals surface area contributed by atoms with Gasteiger partial charge in [0.05, 0.1) is 27.0 Å². The highest BCUT2D eigenvalue weighted by molar-refractivity contribution is 9.11. The maximum atomic E-state index is 6.07. The van der Waals surface area contributed by atoms with Gasteiger partial charge >= 0.3 is 0 Å². The van der Waals surface area contributed by atoms with Gasteiger partial charge in [-0.25, -0.2) is 0 Å². The van der Waals surface area contributed by atoms with Crippen LogP contribution in [0.3, 0.4) is 0 Å². The Bertz CT molecular complexity index is 775. The van der Waals surface area contributed by atoms with Crippen molar-refractivity contribution in [3.8, 4) is 27.4 Å². The van der Waals surface area contributed by atoms with Gasteiger partial charge in [-0.05, 0) is 40.5 Å². The predicted molar refractivity (Wildman–Crippen MR) is 90.7 cm³/mol. The van der Waals surface area contributed by atoms with Gasteiger partial charge in [-0.15, -0.1) is 11.3 Å². The highest BCUT2D eigenvalue weighted by Crippen LogP contribution is 2.43. The van der Waals surface area contributed by atoms with Gasteiger partial charge in [0, 0.05) is 5.56 Å². The maximum absolute atomic E-state index is 6.07. The lowest BCUT2D eigenvalue weighted by atomic mass is 10.0. The lowest BCUT2D eigenvalue weighted by Crippen LogP contribution is -1.92. The summed E-state index contributed by atoms with van der Waals surface area (Å²) in [6.07, 6.45) is 0. The molecule has 2 aromatic heterocycles. The number of hydrogen-bond acceptors (Lipinski definition) is 4. The van der Waals surface area contributed by atoms with E-state index in [0.717, 1.165) is 31.2 Å². The number of nitrogens with zero attached hydrogens (tertiary/aromatic N) is 1. The number of nitrogens with two attached hydrogens (primary N) is 1. The van der Waals surface area contributed by atoms with Crippen molar-refractivity contribution >= 4 is 33.1 Å². The number of methoxy groups -OCH3 is 1. The number of aryl methyl sites for hydroxylation is 1. The molecule has 2 heterocycles. The lowest BCUT2D eigenvalue weighted by Gasteiger charge is -2.08. The van der Waals surface area contributed by atoms with Crippen LogP contribution in [0.1, 0.15) is 5.56 Å². The summed E-state index contributed by atoms with van der Waals surface area (Å²) in [5.74, 6) is 1.25. The molecule has 1 aromatic carbocycles. The summed E-state index contributed by atoms with van der Waals surface area (Å²) in [7, 11) is 1.65. The molecule has 0 saturated carbocycles. The Balaban J connectivity index is 2.22. The van der Waals surface area contributed by atoms with E-state index in [1.165, 1.54) is 5.56 Å². The largest absolute Gasteiger partial charge is 0.496 e. The molecule has 0 saturated heterocycles. The molecule has 3 rings (SSSR count). The van der Waals surface area contributed by atoms with E-state index < -0.39 is 0 Å². The molecule has 0 unspecified atom stereocenters. The highest BCUT2D eigenvalue weighted by Gasteiger charge is 2.19. The van der Waals surface area contributed by atoms with Crippen LogP contribution in [0.5, 0.6) is 5.75 Å². The van der Waals surface area contributed by atoms with E-state index in [1.54, 1.807) is 18.4 Å². The number of ether oxygens (including phenoxy) is 1. The Morgan fingerprint density at radius 1 is 1.33 bits per heavy atom. The fraction of sp³-hybridized carbons (Fsp3) is 0.133. The normalized spacial score (nSPS) is 10.8. The number of halogens is 1. The van der Waals surface area contributed by atoms with Crippen LogP contribution in [0.2, 0.25) is 0 Å². The summed E-state index contributed by atoms with van der Waals surface area (Å²) < 4.78 is 6.55. The summed E-state index contributed by atoms with van der Waals surface area (Å²) in [6, 6.07) is 9.91. The second kappa shape index (κ2) is 5.54. The molecule has 0 atom stereocenters. The molecule has 0 radical (unpaired) electrons. The zero-order valence-corrected chi connectivity index (χ0v) is 14.0. The zero-order valence-electron chi connectivity index (χ0n) is 11.6. The van der Waals surface area contributed by atoms with E-state index in [-0.39, 0.29) is 0 Å². The molecule has 21 heavy (non-hydrogen) atoms. The van der Waals surface area contributed by atoms with Crippen molar-refractivity contribution in [2.75, 3.05) is 12.8 Å². The maximum Gasteiger partial charge on any atom is 0.153 e. The first-order chi connectivity index (χ1) is 10.1. The van der Waals surface area contributed by atoms with Crippen LogP contribution in [0, 0.1) is 6.92 Å². The molecular weight excluding hydrogens is 350 g/mol. The first kappa shape index (κ1) is 14.2. The van der Waals surface area contributed by atoms with Crippen molar-refractivity contribution < 1.29 is 4.74 Å². The van der Waals surface area contributed by atoms with Gasteiger partial charge in [-0.3, -0.25) is 5.10 Å². The summed E-state index contributed by atoms with van der Waals surface area (Å²) >= 11 is 5.21. The Morgan fingerprint density at radius 3 is 2.76 bits per heavy atom. The fourth-order valence-corrected chi connectivity index (χ4v) is 3.78. The van der Waals surface area contributed by atoms with Crippen molar-refractivity contribution in [1.82, 2.24) is 10.2 Å². The lowest BCUT2D eigenvalue weighted by molar-refractivity contribution is 0.416. The topological polar surface area (TPSA) is 63.9 Å². The van der Waals surface area contributed by atoms with Gasteiger partial charge in [-0.2, -0.15) is 5.10 Å². The van der Waals surface area contributed by atoms with Crippen molar-refractivity contribution in [2.45, 2.75) is 6.92 Å². The first-order valence-corrected chi connectivity index (χ1v) is 7.96. The average Bonchev–Trinajstić information content (AvgIpc) is 3.02. The van der Waals surface area contributed by atoms with E-state index in [0.29, 0.717) is 5.82 Å². The van der Waals surface area contributed by atoms with Crippen LogP contribution in [0.4, 0.5) is 5.82 Å². The Hall–Kier alpha value is -1.79. The van der Waals surface area contributed by atoms with Crippen molar-refractivity contribution in [3.63, 3.8) is 0 Å². The molecule has 3 aromatic rings. The van der Waals surface area contributed by atoms with Crippen LogP contribution in [0.15, 0.2) is 34.1 Å². The minimum atomic E-state index is 0.469. The van der Waals surface area contributed by atoms with Crippen molar-refractivity contribution in [1.29, 1.82) is 0 Å². The predicted octanol–water partition coefficient (Wildman–Crippen LogP) is 4.47. The monoisotopic (exact) mass is 363 g/mol. The van der Waals surface area contributed by atoms with Gasteiger partial charge in [0.15, 0.2) is 5.82 Å². The Morgan fingerprint density at radius 2 is 2.10 bits per heavy atom. The smallest absolute Gasteiger partial charge is 0.153 e. The highest BCUT2D eigenvalue weighted by atomic mass is 79.9. The van der Waals surface area contributed by atoms with Gasteiger partial charge in [0.2, 0.25) is 0 Å². The van der Waals surface area contributed by atoms with Crippen LogP contribution in [0.25, 0.3) is 21.7 Å². The molecule has 6 heteroatoms. The zero-order chi connectivity index (χ0) is 15.0. The second-order valence-electron chi connectivity index (χ2n) is 4.63. The summed E-state index contributed by atoms with van der Waals surface area (Å²) in [5.41, 5.74) is 9.99. The summed E-state index contributed by atoms with van der Waals surface area (Å²) in [5, 5.41) is 7.21. The number of thiophene rings is 1. The third-order valence-electron chi connectivity index (χ3n) is 3.27. The molecule has 108 valence electrons. The second-order valence-corrected chi connectivity index (χ2v) is 7.00. The third-order valence-corrected chi connectivity index (χ3v) is 5.43. The molecule has 4 nitrogen and oxygen atoms in total. The van der Waals surface area contributed by atoms with E-state index in [9.17, 15) is 0 Å². The van der Waals surface area contributed by atoms with Gasteiger partial charge in [-0.1, -0.05) is 18.2 Å². The number of H-pyrrole nitrogens is 1. The van der Waals surface area contributed by atoms with Gasteiger partial charge in [0.25, 0.3) is 0 Å². The molecule has 0 bridgehead atoms. The number of aromatic nitrogens is 2. The van der Waals surface area contributed by atoms with Gasteiger partial charge in [0.1, 0.15) is 5.75 Å². The quantitative estimate of drug-likeness (QED) is 0.721. The Labute approximate surface area is 135 Å². The molecule has 0 spiro atoms. The number of rotatable bonds is 3. The number of aromatic amines is 1. The number of para-hydroxylation sites is 1. The minimum absolute atomic E-state index is 0.469. The minimum Gasteiger partial charge on any atom is -0.496 e. The van der Waals surface area contributed by atoms with Crippen molar-refractivity contribution in [3.05, 3.63) is 39.7 Å². The molecule has 0 aliphatic heterocycles. The number of benzene rings is 1.